The molecule has 91 heavy (non-hydrogen) atoms. The molecule has 0 saturated heterocycles. The zero-order chi connectivity index (χ0) is 64.7. The Labute approximate surface area is 513 Å². The predicted molar refractivity (Wildman–Crippen MR) is 309 cm³/mol. The first-order valence-corrected chi connectivity index (χ1v) is 28.0. The second kappa shape index (κ2) is 32.3. The molecule has 9 atom stereocenters. The van der Waals surface area contributed by atoms with Gasteiger partial charge < -0.3 is 104 Å². The van der Waals surface area contributed by atoms with Crippen LogP contribution in [0.3, 0.4) is 0 Å². The van der Waals surface area contributed by atoms with Crippen molar-refractivity contribution in [3.05, 3.63) is 146 Å². The number of carbonyl (C=O) groups is 10. The molecule has 8 aromatic heterocycles. The van der Waals surface area contributed by atoms with Crippen molar-refractivity contribution in [3.63, 3.8) is 0 Å². The number of H-pyrrole nitrogens is 8. The highest BCUT2D eigenvalue weighted by molar-refractivity contribution is 5.99. The second-order valence-corrected chi connectivity index (χ2v) is 20.6. The van der Waals surface area contributed by atoms with Gasteiger partial charge >= 0.3 is 5.97 Å². The van der Waals surface area contributed by atoms with E-state index in [-0.39, 0.29) is 51.4 Å². The van der Waals surface area contributed by atoms with Crippen LogP contribution in [0.4, 0.5) is 0 Å². The van der Waals surface area contributed by atoms with Gasteiger partial charge in [0.15, 0.2) is 0 Å². The van der Waals surface area contributed by atoms with Crippen molar-refractivity contribution < 1.29 is 58.2 Å². The van der Waals surface area contributed by atoms with Crippen LogP contribution in [0.5, 0.6) is 0 Å². The maximum absolute atomic E-state index is 14.9. The van der Waals surface area contributed by atoms with Gasteiger partial charge in [0.2, 0.25) is 53.2 Å². The molecule has 0 aliphatic heterocycles. The molecule has 9 amide bonds. The van der Waals surface area contributed by atoms with Gasteiger partial charge in [-0.15, -0.1) is 0 Å². The number of aromatic amines is 8. The van der Waals surface area contributed by atoms with Crippen molar-refractivity contribution in [2.24, 2.45) is 5.73 Å². The third-order valence-electron chi connectivity index (χ3n) is 13.9. The molecule has 0 aliphatic rings. The number of imidazole rings is 8. The number of rotatable bonds is 36. The number of hydrogen-bond acceptors (Lipinski definition) is 20. The molecule has 0 aliphatic carbocycles. The summed E-state index contributed by atoms with van der Waals surface area (Å²) in [6.07, 6.45) is 19.8. The molecule has 38 heteroatoms. The van der Waals surface area contributed by atoms with E-state index in [1.54, 1.807) is 0 Å². The molecule has 0 fully saturated rings. The first-order chi connectivity index (χ1) is 44.0. The van der Waals surface area contributed by atoms with Crippen molar-refractivity contribution >= 4 is 59.1 Å². The van der Waals surface area contributed by atoms with Crippen LogP contribution in [-0.4, -0.2) is 217 Å². The van der Waals surface area contributed by atoms with E-state index in [2.05, 4.69) is 128 Å². The van der Waals surface area contributed by atoms with Gasteiger partial charge in [0.1, 0.15) is 54.4 Å². The number of carboxylic acid groups (broad SMARTS) is 1. The van der Waals surface area contributed by atoms with Crippen LogP contribution in [0.1, 0.15) is 45.6 Å². The molecule has 0 saturated carbocycles. The summed E-state index contributed by atoms with van der Waals surface area (Å²) >= 11 is 0. The summed E-state index contributed by atoms with van der Waals surface area (Å²) in [5, 5.41) is 43.3. The average molecular weight is 1260 g/mol. The molecule has 21 N–H and O–H groups in total. The van der Waals surface area contributed by atoms with E-state index in [0.29, 0.717) is 45.6 Å². The van der Waals surface area contributed by atoms with Crippen LogP contribution in [0.15, 0.2) is 100 Å². The lowest BCUT2D eigenvalue weighted by atomic mass is 10.0. The van der Waals surface area contributed by atoms with E-state index in [0.717, 1.165) is 0 Å². The highest BCUT2D eigenvalue weighted by atomic mass is 16.4. The lowest BCUT2D eigenvalue weighted by Gasteiger charge is -2.28. The number of nitrogens with zero attached hydrogens (tertiary/aromatic N) is 8. The van der Waals surface area contributed by atoms with Crippen LogP contribution in [0.25, 0.3) is 0 Å². The third kappa shape index (κ3) is 19.7. The Morgan fingerprint density at radius 3 is 0.637 bits per heavy atom. The summed E-state index contributed by atoms with van der Waals surface area (Å²) < 4.78 is 0. The Hall–Kier alpha value is -11.7. The monoisotopic (exact) mass is 1260 g/mol. The molecule has 0 radical (unpaired) electrons. The van der Waals surface area contributed by atoms with E-state index < -0.39 is 127 Å². The second-order valence-electron chi connectivity index (χ2n) is 20.6. The summed E-state index contributed by atoms with van der Waals surface area (Å²) in [4.78, 5) is 195. The van der Waals surface area contributed by atoms with Crippen LogP contribution < -0.4 is 53.6 Å². The molecule has 0 aromatic carbocycles. The summed E-state index contributed by atoms with van der Waals surface area (Å²) in [7, 11) is 0. The Morgan fingerprint density at radius 1 is 0.308 bits per heavy atom. The average Bonchev–Trinajstić information content (AvgIpc) is 3.02. The summed E-state index contributed by atoms with van der Waals surface area (Å²) in [6, 6.07) is -13.6. The first-order valence-electron chi connectivity index (χ1n) is 28.0. The van der Waals surface area contributed by atoms with Crippen LogP contribution in [0, 0.1) is 0 Å². The van der Waals surface area contributed by atoms with Crippen molar-refractivity contribution in [2.45, 2.75) is 106 Å². The number of nitrogens with one attached hydrogen (secondary N) is 17. The fourth-order valence-corrected chi connectivity index (χ4v) is 9.22. The van der Waals surface area contributed by atoms with Gasteiger partial charge in [-0.3, -0.25) is 43.2 Å². The number of aliphatic hydroxyl groups excluding tert-OH is 1. The summed E-state index contributed by atoms with van der Waals surface area (Å²) in [6.45, 7) is -1.37. The number of nitrogens with two attached hydrogens (primary N) is 1. The van der Waals surface area contributed by atoms with Gasteiger partial charge in [-0.2, -0.15) is 0 Å². The smallest absolute Gasteiger partial charge is 0.326 e. The molecule has 480 valence electrons. The number of carbonyl (C=O) groups excluding carboxylic acids is 9. The molecule has 0 unspecified atom stereocenters. The molecular formula is C53H66N26O12. The number of amides is 9. The van der Waals surface area contributed by atoms with Crippen molar-refractivity contribution in [1.29, 1.82) is 0 Å². The van der Waals surface area contributed by atoms with E-state index in [1.165, 1.54) is 100 Å². The van der Waals surface area contributed by atoms with Crippen LogP contribution in [-0.2, 0) is 99.3 Å². The molecule has 0 bridgehead atoms. The van der Waals surface area contributed by atoms with Gasteiger partial charge in [0, 0.05) is 146 Å². The molecule has 8 rings (SSSR count). The Morgan fingerprint density at radius 2 is 0.484 bits per heavy atom. The normalized spacial score (nSPS) is 14.1. The minimum atomic E-state index is -1.57. The van der Waals surface area contributed by atoms with Gasteiger partial charge in [0.25, 0.3) is 0 Å². The third-order valence-corrected chi connectivity index (χ3v) is 13.9. The van der Waals surface area contributed by atoms with Crippen molar-refractivity contribution in [1.82, 2.24) is 128 Å². The van der Waals surface area contributed by atoms with Gasteiger partial charge in [-0.1, -0.05) is 0 Å². The topological polar surface area (TPSA) is 575 Å². The van der Waals surface area contributed by atoms with Gasteiger partial charge in [-0.05, 0) is 0 Å². The Bertz CT molecular complexity index is 3580. The quantitative estimate of drug-likeness (QED) is 0.0174. The maximum atomic E-state index is 14.9. The Balaban J connectivity index is 1.03. The number of carboxylic acids is 1. The molecule has 38 nitrogen and oxygen atoms in total. The fourth-order valence-electron chi connectivity index (χ4n) is 9.22. The van der Waals surface area contributed by atoms with Gasteiger partial charge in [-0.25, -0.2) is 44.7 Å². The maximum Gasteiger partial charge on any atom is 0.326 e. The highest BCUT2D eigenvalue weighted by Gasteiger charge is 2.37. The molecule has 0 spiro atoms. The van der Waals surface area contributed by atoms with Crippen molar-refractivity contribution in [2.75, 3.05) is 13.2 Å². The van der Waals surface area contributed by atoms with Crippen LogP contribution in [0.2, 0.25) is 0 Å². The largest absolute Gasteiger partial charge is 0.480 e. The standard InChI is InChI=1S/C53H66N26O12/c54-9-44(81)71-43(18-80)52(89)78-40(6-32-15-60-24-68-32)50(87)76-38(4-30-13-58-22-66-30)48(85)74-36(2-28-11-56-20-64-28)46(83)72-35(1-27-10-55-19-63-27)45(82)73-37(3-29-12-57-21-65-29)47(84)75-39(5-31-14-59-23-67-31)49(86)77-41(7-33-16-61-25-69-33)51(88)79-42(53(90)91)8-34-17-62-26-70-34/h10-17,19-26,35-43,80H,1-9,18,54H2,(H,55,63)(H,56,64)(H,57,65)(H,58,66)(H,59,67)(H,60,68)(H,61,69)(H,62,70)(H,71,81)(H,72,83)(H,73,82)(H,74,85)(H,75,84)(H,76,87)(H,77,86)(H,78,89)(H,79,88)(H,90,91)/t35-,36-,37-,38-,39-,40-,41-,42-,43-/m0/s1. The number of aliphatic hydroxyl groups is 1. The minimum absolute atomic E-state index is 0.187. The number of aliphatic carboxylic acids is 1. The number of aromatic nitrogens is 16. The lowest BCUT2D eigenvalue weighted by Crippen LogP contribution is -2.62. The van der Waals surface area contributed by atoms with E-state index in [1.807, 2.05) is 0 Å². The molecule has 8 heterocycles. The fraction of sp³-hybridized carbons (Fsp3) is 0.358. The lowest BCUT2D eigenvalue weighted by molar-refractivity contribution is -0.142. The minimum Gasteiger partial charge on any atom is -0.480 e. The van der Waals surface area contributed by atoms with Crippen LogP contribution >= 0.6 is 0 Å². The summed E-state index contributed by atoms with van der Waals surface area (Å²) in [5.41, 5.74) is 8.24. The Kier molecular flexibility index (Phi) is 23.2. The van der Waals surface area contributed by atoms with Gasteiger partial charge in [0.05, 0.1) is 63.8 Å². The zero-order valence-electron chi connectivity index (χ0n) is 48.1. The highest BCUT2D eigenvalue weighted by Crippen LogP contribution is 2.12. The number of hydrogen-bond donors (Lipinski definition) is 20. The van der Waals surface area contributed by atoms with E-state index >= 15 is 0 Å². The molecule has 8 aromatic rings. The SMILES string of the molecule is NCC(=O)N[C@@H](CO)C(=O)N[C@@H](Cc1cnc[nH]1)C(=O)N[C@@H](Cc1cnc[nH]1)C(=O)N[C@@H](Cc1cnc[nH]1)C(=O)N[C@@H](Cc1cnc[nH]1)C(=O)N[C@@H](Cc1cnc[nH]1)C(=O)N[C@@H](Cc1cnc[nH]1)C(=O)N[C@@H](Cc1cnc[nH]1)C(=O)N[C@@H](Cc1cnc[nH]1)C(=O)O. The summed E-state index contributed by atoms with van der Waals surface area (Å²) in [5.74, 6) is -9.66. The van der Waals surface area contributed by atoms with E-state index in [4.69, 9.17) is 5.73 Å². The molecular weight excluding hydrogens is 1190 g/mol. The van der Waals surface area contributed by atoms with Crippen molar-refractivity contribution in [3.8, 4) is 0 Å². The predicted octanol–water partition coefficient (Wildman–Crippen LogP) is -6.89. The zero-order valence-corrected chi connectivity index (χ0v) is 48.1. The van der Waals surface area contributed by atoms with E-state index in [9.17, 15) is 58.2 Å². The first kappa shape index (κ1) is 65.3.